The van der Waals surface area contributed by atoms with E-state index >= 15 is 0 Å². The Hall–Kier alpha value is -3.20. The molecule has 0 atom stereocenters. The molecule has 4 rings (SSSR count). The van der Waals surface area contributed by atoms with Gasteiger partial charge >= 0.3 is 0 Å². The summed E-state index contributed by atoms with van der Waals surface area (Å²) >= 11 is 0. The molecule has 9 nitrogen and oxygen atoms in total. The first-order valence-electron chi connectivity index (χ1n) is 11.7. The molecule has 1 aliphatic heterocycles. The number of furan rings is 1. The number of nitrogens with one attached hydrogen (secondary N) is 3. The van der Waals surface area contributed by atoms with Gasteiger partial charge in [-0.05, 0) is 72.4 Å². The highest BCUT2D eigenvalue weighted by molar-refractivity contribution is 6.06. The van der Waals surface area contributed by atoms with Gasteiger partial charge in [0.2, 0.25) is 0 Å². The third-order valence-electron chi connectivity index (χ3n) is 6.46. The number of non-ortho nitro benzene ring substituents is 1. The zero-order chi connectivity index (χ0) is 24.7. The van der Waals surface area contributed by atoms with E-state index in [9.17, 15) is 14.9 Å². The molecule has 1 fully saturated rings. The molecule has 182 valence electrons. The summed E-state index contributed by atoms with van der Waals surface area (Å²) in [6.45, 7) is 10.5. The van der Waals surface area contributed by atoms with Gasteiger partial charge < -0.3 is 15.1 Å². The van der Waals surface area contributed by atoms with Crippen molar-refractivity contribution in [1.82, 2.24) is 10.6 Å². The predicted molar refractivity (Wildman–Crippen MR) is 131 cm³/mol. The fraction of sp³-hybridized carbons (Fsp3) is 0.520. The number of benzene rings is 1. The molecule has 1 aromatic heterocycles. The van der Waals surface area contributed by atoms with Crippen molar-refractivity contribution in [1.29, 1.82) is 0 Å². The number of nitro benzene ring substituents is 1. The molecular weight excluding hydrogens is 434 g/mol. The Kier molecular flexibility index (Phi) is 6.24. The van der Waals surface area contributed by atoms with Gasteiger partial charge in [-0.3, -0.25) is 20.3 Å². The fourth-order valence-corrected chi connectivity index (χ4v) is 5.46. The number of aryl methyl sites for hydroxylation is 1. The van der Waals surface area contributed by atoms with Crippen LogP contribution < -0.4 is 16.1 Å². The number of amides is 1. The summed E-state index contributed by atoms with van der Waals surface area (Å²) in [7, 11) is 0. The van der Waals surface area contributed by atoms with Gasteiger partial charge in [0.1, 0.15) is 5.76 Å². The van der Waals surface area contributed by atoms with E-state index in [-0.39, 0.29) is 28.7 Å². The number of hydrogen-bond acceptors (Lipinski definition) is 7. The van der Waals surface area contributed by atoms with Crippen LogP contribution in [0.2, 0.25) is 0 Å². The number of hydrogen-bond donors (Lipinski definition) is 3. The van der Waals surface area contributed by atoms with Crippen LogP contribution >= 0.6 is 0 Å². The Morgan fingerprint density at radius 3 is 2.41 bits per heavy atom. The van der Waals surface area contributed by atoms with Gasteiger partial charge in [-0.15, -0.1) is 0 Å². The average Bonchev–Trinajstić information content (AvgIpc) is 3.07. The average molecular weight is 468 g/mol. The zero-order valence-corrected chi connectivity index (χ0v) is 20.4. The minimum absolute atomic E-state index is 0.0278. The normalized spacial score (nSPS) is 20.6. The highest BCUT2D eigenvalue weighted by Gasteiger charge is 2.39. The molecule has 34 heavy (non-hydrogen) atoms. The SMILES string of the molecule is Cc1c(C(=O)NC2CC(C)(C)NC(C)(C)C2)oc2c1/C(=N/Nc1ccc([N+](=O)[O-])cc1)CCC2. The van der Waals surface area contributed by atoms with Crippen LogP contribution in [0.5, 0.6) is 0 Å². The first-order valence-corrected chi connectivity index (χ1v) is 11.7. The molecule has 0 bridgehead atoms. The third-order valence-corrected chi connectivity index (χ3v) is 6.46. The number of rotatable bonds is 5. The van der Waals surface area contributed by atoms with Gasteiger partial charge in [0.25, 0.3) is 11.6 Å². The minimum Gasteiger partial charge on any atom is -0.455 e. The van der Waals surface area contributed by atoms with Crippen LogP contribution in [0.4, 0.5) is 11.4 Å². The van der Waals surface area contributed by atoms with Gasteiger partial charge in [-0.25, -0.2) is 0 Å². The van der Waals surface area contributed by atoms with Crippen molar-refractivity contribution in [3.05, 3.63) is 57.0 Å². The Morgan fingerprint density at radius 1 is 1.15 bits per heavy atom. The number of anilines is 1. The maximum atomic E-state index is 13.2. The third kappa shape index (κ3) is 5.14. The van der Waals surface area contributed by atoms with Gasteiger partial charge in [0.15, 0.2) is 5.76 Å². The molecule has 0 spiro atoms. The Bertz CT molecular complexity index is 1110. The summed E-state index contributed by atoms with van der Waals surface area (Å²) in [6, 6.07) is 6.16. The lowest BCUT2D eigenvalue weighted by Crippen LogP contribution is -2.62. The number of piperidine rings is 1. The smallest absolute Gasteiger partial charge is 0.287 e. The van der Waals surface area contributed by atoms with Crippen molar-refractivity contribution in [3.8, 4) is 0 Å². The molecule has 0 radical (unpaired) electrons. The van der Waals surface area contributed by atoms with Crippen molar-refractivity contribution >= 4 is 23.0 Å². The molecule has 2 heterocycles. The first kappa shape index (κ1) is 23.9. The van der Waals surface area contributed by atoms with Gasteiger partial charge in [0, 0.05) is 46.8 Å². The van der Waals surface area contributed by atoms with E-state index in [0.717, 1.165) is 54.7 Å². The summed E-state index contributed by atoms with van der Waals surface area (Å²) in [5.41, 5.74) is 6.03. The van der Waals surface area contributed by atoms with E-state index in [0.29, 0.717) is 11.4 Å². The summed E-state index contributed by atoms with van der Waals surface area (Å²) < 4.78 is 6.06. The molecule has 1 amide bonds. The van der Waals surface area contributed by atoms with Crippen LogP contribution in [-0.2, 0) is 6.42 Å². The van der Waals surface area contributed by atoms with Crippen molar-refractivity contribution in [2.75, 3.05) is 5.43 Å². The maximum Gasteiger partial charge on any atom is 0.287 e. The number of carbonyl (C=O) groups excluding carboxylic acids is 1. The van der Waals surface area contributed by atoms with E-state index in [1.165, 1.54) is 12.1 Å². The van der Waals surface area contributed by atoms with Crippen molar-refractivity contribution in [2.24, 2.45) is 5.10 Å². The lowest BCUT2D eigenvalue weighted by Gasteiger charge is -2.46. The van der Waals surface area contributed by atoms with E-state index in [4.69, 9.17) is 4.42 Å². The topological polar surface area (TPSA) is 122 Å². The molecule has 1 aliphatic carbocycles. The highest BCUT2D eigenvalue weighted by atomic mass is 16.6. The van der Waals surface area contributed by atoms with Gasteiger partial charge in [0.05, 0.1) is 16.3 Å². The maximum absolute atomic E-state index is 13.2. The van der Waals surface area contributed by atoms with E-state index in [1.54, 1.807) is 12.1 Å². The molecule has 0 unspecified atom stereocenters. The molecule has 2 aromatic rings. The first-order chi connectivity index (χ1) is 15.9. The summed E-state index contributed by atoms with van der Waals surface area (Å²) in [6.07, 6.45) is 4.07. The lowest BCUT2D eigenvalue weighted by molar-refractivity contribution is -0.384. The molecule has 1 aromatic carbocycles. The molecular formula is C25H33N5O4. The summed E-state index contributed by atoms with van der Waals surface area (Å²) in [4.78, 5) is 23.6. The fourth-order valence-electron chi connectivity index (χ4n) is 5.46. The summed E-state index contributed by atoms with van der Waals surface area (Å²) in [5.74, 6) is 0.946. The van der Waals surface area contributed by atoms with E-state index in [2.05, 4.69) is 48.9 Å². The standard InChI is InChI=1S/C25H33N5O4/c1-15-21-19(28-27-16-9-11-18(12-10-16)30(32)33)7-6-8-20(21)34-22(15)23(31)26-17-13-24(2,3)29-25(4,5)14-17/h9-12,17,27,29H,6-8,13-14H2,1-5H3,(H,26,31)/b28-19+. The van der Waals surface area contributed by atoms with Crippen LogP contribution in [0.3, 0.4) is 0 Å². The minimum atomic E-state index is -0.434. The number of fused-ring (bicyclic) bond motifs is 1. The molecule has 9 heteroatoms. The zero-order valence-electron chi connectivity index (χ0n) is 20.4. The Labute approximate surface area is 199 Å². The molecule has 2 aliphatic rings. The molecule has 3 N–H and O–H groups in total. The van der Waals surface area contributed by atoms with Crippen LogP contribution in [0.25, 0.3) is 0 Å². The quantitative estimate of drug-likeness (QED) is 0.433. The van der Waals surface area contributed by atoms with Crippen molar-refractivity contribution < 1.29 is 14.1 Å². The van der Waals surface area contributed by atoms with Crippen LogP contribution in [0, 0.1) is 17.0 Å². The van der Waals surface area contributed by atoms with Crippen molar-refractivity contribution in [3.63, 3.8) is 0 Å². The van der Waals surface area contributed by atoms with E-state index < -0.39 is 4.92 Å². The number of nitro groups is 1. The lowest BCUT2D eigenvalue weighted by atomic mass is 9.79. The van der Waals surface area contributed by atoms with E-state index in [1.807, 2.05) is 6.92 Å². The predicted octanol–water partition coefficient (Wildman–Crippen LogP) is 4.69. The van der Waals surface area contributed by atoms with Crippen LogP contribution in [0.1, 0.15) is 80.8 Å². The van der Waals surface area contributed by atoms with Crippen LogP contribution in [-0.4, -0.2) is 33.7 Å². The number of carbonyl (C=O) groups is 1. The highest BCUT2D eigenvalue weighted by Crippen LogP contribution is 2.32. The van der Waals surface area contributed by atoms with Crippen molar-refractivity contribution in [2.45, 2.75) is 83.8 Å². The second-order valence-electron chi connectivity index (χ2n) is 10.7. The number of hydrazone groups is 1. The number of nitrogens with zero attached hydrogens (tertiary/aromatic N) is 2. The monoisotopic (exact) mass is 467 g/mol. The Morgan fingerprint density at radius 2 is 1.79 bits per heavy atom. The Balaban J connectivity index is 1.52. The second kappa shape index (κ2) is 8.87. The van der Waals surface area contributed by atoms with Crippen LogP contribution in [0.15, 0.2) is 33.8 Å². The second-order valence-corrected chi connectivity index (χ2v) is 10.7. The van der Waals surface area contributed by atoms with Gasteiger partial charge in [-0.1, -0.05) is 0 Å². The summed E-state index contributed by atoms with van der Waals surface area (Å²) in [5, 5.41) is 22.2. The largest absolute Gasteiger partial charge is 0.455 e. The molecule has 1 saturated heterocycles. The van der Waals surface area contributed by atoms with Gasteiger partial charge in [-0.2, -0.15) is 5.10 Å². The molecule has 0 saturated carbocycles.